The number of aldehydes is 1. The van der Waals surface area contributed by atoms with Crippen molar-refractivity contribution in [2.24, 2.45) is 0 Å². The molecule has 2 atom stereocenters. The predicted octanol–water partition coefficient (Wildman–Crippen LogP) is 2.26. The molecule has 3 heteroatoms. The second-order valence-corrected chi connectivity index (χ2v) is 5.56. The smallest absolute Gasteiger partial charge is 0.122 e. The Morgan fingerprint density at radius 3 is 2.47 bits per heavy atom. The topological polar surface area (TPSA) is 23.6 Å². The molecule has 0 aromatic rings. The lowest BCUT2D eigenvalue weighted by atomic mass is 10.0. The van der Waals surface area contributed by atoms with E-state index in [4.69, 9.17) is 0 Å². The summed E-state index contributed by atoms with van der Waals surface area (Å²) in [5, 5.41) is 0. The van der Waals surface area contributed by atoms with E-state index < -0.39 is 0 Å². The predicted molar refractivity (Wildman–Crippen MR) is 69.9 cm³/mol. The molecule has 0 aromatic carbocycles. The van der Waals surface area contributed by atoms with Crippen LogP contribution in [0.5, 0.6) is 0 Å². The molecule has 2 fully saturated rings. The lowest BCUT2D eigenvalue weighted by Gasteiger charge is -2.45. The summed E-state index contributed by atoms with van der Waals surface area (Å²) in [6.45, 7) is 5.86. The van der Waals surface area contributed by atoms with E-state index in [1.165, 1.54) is 58.2 Å². The monoisotopic (exact) mass is 238 g/mol. The average Bonchev–Trinajstić information content (AvgIpc) is 2.38. The van der Waals surface area contributed by atoms with Crippen molar-refractivity contribution in [1.29, 1.82) is 0 Å². The minimum atomic E-state index is 0.378. The van der Waals surface area contributed by atoms with Gasteiger partial charge in [-0.1, -0.05) is 12.8 Å². The molecule has 0 bridgehead atoms. The Balaban J connectivity index is 2.00. The van der Waals surface area contributed by atoms with E-state index in [9.17, 15) is 4.79 Å². The third-order valence-corrected chi connectivity index (χ3v) is 4.36. The number of carbonyl (C=O) groups is 1. The first-order valence-electron chi connectivity index (χ1n) is 7.26. The Kier molecular flexibility index (Phi) is 4.99. The lowest BCUT2D eigenvalue weighted by molar-refractivity contribution is -0.112. The van der Waals surface area contributed by atoms with E-state index >= 15 is 0 Å². The van der Waals surface area contributed by atoms with Crippen molar-refractivity contribution in [2.45, 2.75) is 64.1 Å². The fourth-order valence-corrected chi connectivity index (χ4v) is 3.36. The molecule has 2 heterocycles. The maximum atomic E-state index is 11.0. The van der Waals surface area contributed by atoms with Crippen LogP contribution in [0.25, 0.3) is 0 Å². The van der Waals surface area contributed by atoms with Gasteiger partial charge in [-0.15, -0.1) is 0 Å². The van der Waals surface area contributed by atoms with Gasteiger partial charge in [-0.3, -0.25) is 9.80 Å². The van der Waals surface area contributed by atoms with E-state index in [-0.39, 0.29) is 0 Å². The van der Waals surface area contributed by atoms with E-state index in [0.717, 1.165) is 6.29 Å². The van der Waals surface area contributed by atoms with Crippen molar-refractivity contribution in [2.75, 3.05) is 19.6 Å². The molecule has 0 saturated carbocycles. The van der Waals surface area contributed by atoms with Gasteiger partial charge in [0.15, 0.2) is 0 Å². The molecule has 0 N–H and O–H groups in total. The summed E-state index contributed by atoms with van der Waals surface area (Å²) in [5.41, 5.74) is 0. The largest absolute Gasteiger partial charge is 0.303 e. The lowest BCUT2D eigenvalue weighted by Crippen LogP contribution is -2.54. The maximum absolute atomic E-state index is 11.0. The van der Waals surface area contributed by atoms with E-state index in [0.29, 0.717) is 18.6 Å². The van der Waals surface area contributed by atoms with Gasteiger partial charge in [-0.2, -0.15) is 0 Å². The molecule has 2 aliphatic rings. The zero-order chi connectivity index (χ0) is 12.1. The van der Waals surface area contributed by atoms with E-state index in [1.54, 1.807) is 0 Å². The van der Waals surface area contributed by atoms with Crippen molar-refractivity contribution in [3.05, 3.63) is 0 Å². The summed E-state index contributed by atoms with van der Waals surface area (Å²) in [5.74, 6) is 0. The van der Waals surface area contributed by atoms with Gasteiger partial charge < -0.3 is 4.79 Å². The first-order valence-corrected chi connectivity index (χ1v) is 7.26. The van der Waals surface area contributed by atoms with Gasteiger partial charge in [-0.25, -0.2) is 0 Å². The number of hydrogen-bond acceptors (Lipinski definition) is 3. The van der Waals surface area contributed by atoms with Gasteiger partial charge in [0, 0.05) is 12.5 Å². The van der Waals surface area contributed by atoms with Crippen molar-refractivity contribution in [3.63, 3.8) is 0 Å². The van der Waals surface area contributed by atoms with Crippen LogP contribution in [0.4, 0.5) is 0 Å². The number of hydrogen-bond donors (Lipinski definition) is 0. The Morgan fingerprint density at radius 1 is 1.12 bits per heavy atom. The van der Waals surface area contributed by atoms with Crippen LogP contribution in [-0.2, 0) is 4.79 Å². The minimum Gasteiger partial charge on any atom is -0.303 e. The highest BCUT2D eigenvalue weighted by molar-refractivity contribution is 5.50. The number of piperidine rings is 2. The average molecular weight is 238 g/mol. The summed E-state index contributed by atoms with van der Waals surface area (Å²) < 4.78 is 0. The Bertz CT molecular complexity index is 238. The molecule has 2 rings (SSSR count). The molecule has 2 saturated heterocycles. The van der Waals surface area contributed by atoms with Gasteiger partial charge in [-0.05, 0) is 52.2 Å². The molecule has 0 aromatic heterocycles. The number of carbonyl (C=O) groups excluding carboxylic acids is 1. The molecule has 3 nitrogen and oxygen atoms in total. The fourth-order valence-electron chi connectivity index (χ4n) is 3.36. The first-order chi connectivity index (χ1) is 8.33. The van der Waals surface area contributed by atoms with E-state index in [1.807, 2.05) is 0 Å². The summed E-state index contributed by atoms with van der Waals surface area (Å²) in [6.07, 6.45) is 10.1. The molecule has 0 radical (unpaired) electrons. The quantitative estimate of drug-likeness (QED) is 0.702. The molecule has 17 heavy (non-hydrogen) atoms. The molecule has 1 unspecified atom stereocenters. The standard InChI is InChI=1S/C14H26N2O/c1-13-7-3-6-11-16(13)14(8-12-17)15-9-4-2-5-10-15/h12-14H,2-11H2,1H3/t13-,14?/m1/s1. The SMILES string of the molecule is C[C@@H]1CCCCN1C(CC=O)N1CCCCC1. The van der Waals surface area contributed by atoms with Crippen LogP contribution in [0, 0.1) is 0 Å². The highest BCUT2D eigenvalue weighted by Gasteiger charge is 2.30. The normalized spacial score (nSPS) is 30.1. The van der Waals surface area contributed by atoms with Gasteiger partial charge >= 0.3 is 0 Å². The zero-order valence-electron chi connectivity index (χ0n) is 11.1. The van der Waals surface area contributed by atoms with Gasteiger partial charge in [0.1, 0.15) is 6.29 Å². The zero-order valence-corrected chi connectivity index (χ0v) is 11.1. The van der Waals surface area contributed by atoms with Gasteiger partial charge in [0.2, 0.25) is 0 Å². The number of rotatable bonds is 4. The third-order valence-electron chi connectivity index (χ3n) is 4.36. The van der Waals surface area contributed by atoms with Crippen LogP contribution in [-0.4, -0.2) is 47.9 Å². The molecular formula is C14H26N2O. The molecule has 0 aliphatic carbocycles. The van der Waals surface area contributed by atoms with Gasteiger partial charge in [0.25, 0.3) is 0 Å². The van der Waals surface area contributed by atoms with Crippen molar-refractivity contribution in [3.8, 4) is 0 Å². The Morgan fingerprint density at radius 2 is 1.82 bits per heavy atom. The highest BCUT2D eigenvalue weighted by atomic mass is 16.1. The maximum Gasteiger partial charge on any atom is 0.122 e. The van der Waals surface area contributed by atoms with Crippen LogP contribution in [0.3, 0.4) is 0 Å². The number of nitrogens with zero attached hydrogens (tertiary/aromatic N) is 2. The van der Waals surface area contributed by atoms with Crippen LogP contribution in [0.2, 0.25) is 0 Å². The molecule has 0 amide bonds. The molecule has 0 spiro atoms. The highest BCUT2D eigenvalue weighted by Crippen LogP contribution is 2.24. The van der Waals surface area contributed by atoms with Crippen LogP contribution < -0.4 is 0 Å². The Hall–Kier alpha value is -0.410. The first kappa shape index (κ1) is 13.0. The van der Waals surface area contributed by atoms with Crippen molar-refractivity contribution >= 4 is 6.29 Å². The van der Waals surface area contributed by atoms with Crippen LogP contribution >= 0.6 is 0 Å². The van der Waals surface area contributed by atoms with Gasteiger partial charge in [0.05, 0.1) is 6.17 Å². The van der Waals surface area contributed by atoms with Crippen molar-refractivity contribution < 1.29 is 4.79 Å². The summed E-state index contributed by atoms with van der Waals surface area (Å²) in [7, 11) is 0. The van der Waals surface area contributed by atoms with Crippen LogP contribution in [0.15, 0.2) is 0 Å². The summed E-state index contributed by atoms with van der Waals surface area (Å²) in [6, 6.07) is 0.649. The molecule has 2 aliphatic heterocycles. The van der Waals surface area contributed by atoms with Crippen molar-refractivity contribution in [1.82, 2.24) is 9.80 Å². The molecular weight excluding hydrogens is 212 g/mol. The van der Waals surface area contributed by atoms with E-state index in [2.05, 4.69) is 16.7 Å². The summed E-state index contributed by atoms with van der Waals surface area (Å²) in [4.78, 5) is 16.1. The fraction of sp³-hybridized carbons (Fsp3) is 0.929. The van der Waals surface area contributed by atoms with Crippen LogP contribution in [0.1, 0.15) is 51.9 Å². The number of likely N-dealkylation sites (tertiary alicyclic amines) is 2. The minimum absolute atomic E-state index is 0.378. The third kappa shape index (κ3) is 3.29. The molecule has 98 valence electrons. The summed E-state index contributed by atoms with van der Waals surface area (Å²) >= 11 is 0. The second-order valence-electron chi connectivity index (χ2n) is 5.56. The second kappa shape index (κ2) is 6.50. The Labute approximate surface area is 105 Å².